The van der Waals surface area contributed by atoms with Gasteiger partial charge in [-0.05, 0) is 62.4 Å². The van der Waals surface area contributed by atoms with Crippen LogP contribution in [0.5, 0.6) is 5.75 Å². The van der Waals surface area contributed by atoms with E-state index in [-0.39, 0.29) is 22.7 Å². The number of nitrogens with zero attached hydrogens (tertiary/aromatic N) is 2. The van der Waals surface area contributed by atoms with Gasteiger partial charge in [0.25, 0.3) is 11.1 Å². The topological polar surface area (TPSA) is 65.2 Å². The summed E-state index contributed by atoms with van der Waals surface area (Å²) in [4.78, 5) is 12.4. The van der Waals surface area contributed by atoms with Crippen molar-refractivity contribution < 1.29 is 22.7 Å². The SMILES string of the molecule is C[C@H](Oc1ccc(F)cc1)c1nnc(S[C@H](C)C(=O)c2ccc(F)cc2)o1. The van der Waals surface area contributed by atoms with Gasteiger partial charge in [0.2, 0.25) is 0 Å². The third-order valence-corrected chi connectivity index (χ3v) is 4.61. The third kappa shape index (κ3) is 4.91. The maximum atomic E-state index is 13.0. The zero-order valence-corrected chi connectivity index (χ0v) is 15.4. The van der Waals surface area contributed by atoms with Gasteiger partial charge < -0.3 is 9.15 Å². The highest BCUT2D eigenvalue weighted by atomic mass is 32.2. The lowest BCUT2D eigenvalue weighted by Gasteiger charge is -2.10. The molecule has 0 aliphatic rings. The number of ketones is 1. The first-order valence-corrected chi connectivity index (χ1v) is 9.02. The normalized spacial score (nSPS) is 13.2. The fourth-order valence-electron chi connectivity index (χ4n) is 2.25. The Kier molecular flexibility index (Phi) is 5.85. The number of benzene rings is 2. The zero-order valence-electron chi connectivity index (χ0n) is 14.6. The first-order chi connectivity index (χ1) is 12.9. The van der Waals surface area contributed by atoms with Gasteiger partial charge in [-0.2, -0.15) is 0 Å². The molecule has 2 atom stereocenters. The van der Waals surface area contributed by atoms with E-state index in [1.807, 2.05) is 0 Å². The Morgan fingerprint density at radius 3 is 2.22 bits per heavy atom. The number of ether oxygens (including phenoxy) is 1. The lowest BCUT2D eigenvalue weighted by Crippen LogP contribution is -2.13. The molecule has 0 aliphatic carbocycles. The van der Waals surface area contributed by atoms with Gasteiger partial charge >= 0.3 is 0 Å². The average Bonchev–Trinajstić information content (AvgIpc) is 3.12. The lowest BCUT2D eigenvalue weighted by atomic mass is 10.1. The van der Waals surface area contributed by atoms with E-state index in [0.717, 1.165) is 11.8 Å². The second-order valence-electron chi connectivity index (χ2n) is 5.75. The fourth-order valence-corrected chi connectivity index (χ4v) is 3.02. The molecule has 0 radical (unpaired) electrons. The van der Waals surface area contributed by atoms with Crippen LogP contribution < -0.4 is 4.74 Å². The van der Waals surface area contributed by atoms with E-state index in [4.69, 9.17) is 9.15 Å². The van der Waals surface area contributed by atoms with Gasteiger partial charge in [-0.3, -0.25) is 4.79 Å². The molecule has 0 aliphatic heterocycles. The largest absolute Gasteiger partial charge is 0.481 e. The summed E-state index contributed by atoms with van der Waals surface area (Å²) in [6.07, 6.45) is -0.541. The van der Waals surface area contributed by atoms with Crippen molar-refractivity contribution in [2.75, 3.05) is 0 Å². The highest BCUT2D eigenvalue weighted by molar-refractivity contribution is 8.00. The summed E-state index contributed by atoms with van der Waals surface area (Å²) in [6.45, 7) is 3.43. The van der Waals surface area contributed by atoms with Crippen LogP contribution in [0, 0.1) is 11.6 Å². The number of carbonyl (C=O) groups excluding carboxylic acids is 1. The number of carbonyl (C=O) groups is 1. The molecule has 0 bridgehead atoms. The van der Waals surface area contributed by atoms with E-state index >= 15 is 0 Å². The van der Waals surface area contributed by atoms with Crippen molar-refractivity contribution in [3.8, 4) is 5.75 Å². The third-order valence-electron chi connectivity index (χ3n) is 3.67. The molecule has 0 N–H and O–H groups in total. The maximum Gasteiger partial charge on any atom is 0.277 e. The van der Waals surface area contributed by atoms with Gasteiger partial charge in [0.15, 0.2) is 11.9 Å². The van der Waals surface area contributed by atoms with Crippen molar-refractivity contribution in [3.63, 3.8) is 0 Å². The minimum absolute atomic E-state index is 0.171. The lowest BCUT2D eigenvalue weighted by molar-refractivity contribution is 0.0993. The Hall–Kier alpha value is -2.74. The molecule has 3 aromatic rings. The Morgan fingerprint density at radius 1 is 1.00 bits per heavy atom. The molecule has 0 spiro atoms. The highest BCUT2D eigenvalue weighted by Crippen LogP contribution is 2.27. The molecular weight excluding hydrogens is 374 g/mol. The predicted molar refractivity (Wildman–Crippen MR) is 95.8 cm³/mol. The number of Topliss-reactive ketones (excluding diaryl/α,β-unsaturated/α-hetero) is 1. The van der Waals surface area contributed by atoms with Crippen LogP contribution >= 0.6 is 11.8 Å². The fraction of sp³-hybridized carbons (Fsp3) is 0.211. The van der Waals surface area contributed by atoms with Crippen molar-refractivity contribution in [1.29, 1.82) is 0 Å². The molecule has 3 rings (SSSR count). The van der Waals surface area contributed by atoms with Crippen LogP contribution in [0.2, 0.25) is 0 Å². The molecular formula is C19H16F2N2O3S. The van der Waals surface area contributed by atoms with Crippen LogP contribution in [0.1, 0.15) is 36.2 Å². The second-order valence-corrected chi connectivity index (χ2v) is 7.04. The molecule has 0 unspecified atom stereocenters. The van der Waals surface area contributed by atoms with Gasteiger partial charge in [-0.25, -0.2) is 8.78 Å². The van der Waals surface area contributed by atoms with Crippen molar-refractivity contribution >= 4 is 17.5 Å². The van der Waals surface area contributed by atoms with Crippen LogP contribution in [-0.2, 0) is 0 Å². The monoisotopic (exact) mass is 390 g/mol. The van der Waals surface area contributed by atoms with Crippen LogP contribution in [0.3, 0.4) is 0 Å². The second kappa shape index (κ2) is 8.30. The Morgan fingerprint density at radius 2 is 1.59 bits per heavy atom. The summed E-state index contributed by atoms with van der Waals surface area (Å²) in [5.41, 5.74) is 0.407. The molecule has 27 heavy (non-hydrogen) atoms. The Labute approximate surface area is 158 Å². The van der Waals surface area contributed by atoms with Crippen LogP contribution in [0.4, 0.5) is 8.78 Å². The number of thioether (sulfide) groups is 1. The van der Waals surface area contributed by atoms with Crippen LogP contribution in [-0.4, -0.2) is 21.2 Å². The summed E-state index contributed by atoms with van der Waals surface area (Å²) in [6, 6.07) is 10.9. The van der Waals surface area contributed by atoms with Gasteiger partial charge in [-0.1, -0.05) is 11.8 Å². The van der Waals surface area contributed by atoms with Crippen LogP contribution in [0.15, 0.2) is 58.2 Å². The summed E-state index contributed by atoms with van der Waals surface area (Å²) in [5.74, 6) is -0.218. The Balaban J connectivity index is 1.61. The summed E-state index contributed by atoms with van der Waals surface area (Å²) < 4.78 is 37.1. The molecule has 1 aromatic heterocycles. The highest BCUT2D eigenvalue weighted by Gasteiger charge is 2.22. The number of rotatable bonds is 7. The standard InChI is InChI=1S/C19H16F2N2O3S/c1-11(25-16-9-7-15(21)8-10-16)18-22-23-19(26-18)27-12(2)17(24)13-3-5-14(20)6-4-13/h3-12H,1-2H3/t11-,12+/m0/s1. The Bertz CT molecular complexity index is 913. The van der Waals surface area contributed by atoms with E-state index in [9.17, 15) is 13.6 Å². The van der Waals surface area contributed by atoms with Gasteiger partial charge in [0.1, 0.15) is 17.4 Å². The molecule has 0 saturated carbocycles. The van der Waals surface area contributed by atoms with Crippen LogP contribution in [0.25, 0.3) is 0 Å². The van der Waals surface area contributed by atoms with Crippen molar-refractivity contribution in [1.82, 2.24) is 10.2 Å². The minimum atomic E-state index is -0.541. The summed E-state index contributed by atoms with van der Waals surface area (Å²) in [7, 11) is 0. The first kappa shape index (κ1) is 19.0. The molecule has 0 amide bonds. The number of hydrogen-bond acceptors (Lipinski definition) is 6. The van der Waals surface area contributed by atoms with E-state index in [0.29, 0.717) is 11.3 Å². The summed E-state index contributed by atoms with van der Waals surface area (Å²) in [5, 5.41) is 7.58. The van der Waals surface area contributed by atoms with Gasteiger partial charge in [-0.15, -0.1) is 10.2 Å². The predicted octanol–water partition coefficient (Wildman–Crippen LogP) is 4.85. The molecule has 8 heteroatoms. The van der Waals surface area contributed by atoms with E-state index in [1.165, 1.54) is 48.5 Å². The molecule has 0 saturated heterocycles. The number of hydrogen-bond donors (Lipinski definition) is 0. The number of aromatic nitrogens is 2. The van der Waals surface area contributed by atoms with Gasteiger partial charge in [0, 0.05) is 5.56 Å². The maximum absolute atomic E-state index is 13.0. The van der Waals surface area contributed by atoms with Crippen molar-refractivity contribution in [3.05, 3.63) is 71.6 Å². The van der Waals surface area contributed by atoms with Crippen molar-refractivity contribution in [2.24, 2.45) is 0 Å². The number of halogens is 2. The van der Waals surface area contributed by atoms with E-state index < -0.39 is 17.2 Å². The van der Waals surface area contributed by atoms with E-state index in [1.54, 1.807) is 13.8 Å². The smallest absolute Gasteiger partial charge is 0.277 e. The van der Waals surface area contributed by atoms with E-state index in [2.05, 4.69) is 10.2 Å². The zero-order chi connectivity index (χ0) is 19.4. The minimum Gasteiger partial charge on any atom is -0.481 e. The molecule has 140 valence electrons. The summed E-state index contributed by atoms with van der Waals surface area (Å²) >= 11 is 1.11. The first-order valence-electron chi connectivity index (χ1n) is 8.14. The molecule has 0 fully saturated rings. The quantitative estimate of drug-likeness (QED) is 0.424. The molecule has 2 aromatic carbocycles. The molecule has 5 nitrogen and oxygen atoms in total. The van der Waals surface area contributed by atoms with Crippen molar-refractivity contribution in [2.45, 2.75) is 30.4 Å². The van der Waals surface area contributed by atoms with Gasteiger partial charge in [0.05, 0.1) is 5.25 Å². The average molecular weight is 390 g/mol. The molecule has 1 heterocycles.